The van der Waals surface area contributed by atoms with Gasteiger partial charge < -0.3 is 34.3 Å². The molecule has 6 atom stereocenters. The number of hydrogen-bond donors (Lipinski definition) is 4. The molecular weight excluding hydrogens is 813 g/mol. The van der Waals surface area contributed by atoms with Crippen LogP contribution in [0.2, 0.25) is 0 Å². The molecule has 0 aromatic heterocycles. The molecule has 1 saturated heterocycles. The largest absolute Gasteiger partial charge is 0.462 e. The molecule has 12 nitrogen and oxygen atoms in total. The maximum atomic E-state index is 12.8. The molecule has 1 fully saturated rings. The lowest BCUT2D eigenvalue weighted by Gasteiger charge is -2.40. The molecule has 13 heteroatoms. The van der Waals surface area contributed by atoms with E-state index in [9.17, 15) is 37.9 Å². The molecule has 1 aliphatic heterocycles. The van der Waals surface area contributed by atoms with Crippen LogP contribution in [0, 0.1) is 0 Å². The van der Waals surface area contributed by atoms with Gasteiger partial charge in [-0.25, -0.2) is 0 Å². The minimum atomic E-state index is -4.62. The molecule has 0 bridgehead atoms. The van der Waals surface area contributed by atoms with Crippen molar-refractivity contribution < 1.29 is 56.8 Å². The Morgan fingerprint density at radius 3 is 1.58 bits per heavy atom. The molecule has 2 unspecified atom stereocenters. The van der Waals surface area contributed by atoms with Crippen LogP contribution in [0.25, 0.3) is 0 Å². The topological polar surface area (TPSA) is 186 Å². The summed E-state index contributed by atoms with van der Waals surface area (Å²) < 4.78 is 54.0. The van der Waals surface area contributed by atoms with Crippen molar-refractivity contribution in [2.45, 2.75) is 192 Å². The summed E-state index contributed by atoms with van der Waals surface area (Å²) in [5.74, 6) is -2.11. The zero-order chi connectivity index (χ0) is 45.5. The first-order valence-corrected chi connectivity index (χ1v) is 24.8. The van der Waals surface area contributed by atoms with Crippen LogP contribution in [0.15, 0.2) is 85.1 Å². The van der Waals surface area contributed by atoms with E-state index in [0.717, 1.165) is 64.2 Å². The quantitative estimate of drug-likeness (QED) is 0.0201. The van der Waals surface area contributed by atoms with Gasteiger partial charge in [0.25, 0.3) is 10.1 Å². The van der Waals surface area contributed by atoms with E-state index < -0.39 is 71.2 Å². The van der Waals surface area contributed by atoms with Crippen LogP contribution in [0.4, 0.5) is 0 Å². The molecule has 4 N–H and O–H groups in total. The second-order valence-corrected chi connectivity index (χ2v) is 17.2. The Balaban J connectivity index is 2.51. The molecule has 0 saturated carbocycles. The van der Waals surface area contributed by atoms with E-state index in [0.29, 0.717) is 19.3 Å². The third-order valence-electron chi connectivity index (χ3n) is 9.97. The third-order valence-corrected chi connectivity index (χ3v) is 10.7. The predicted molar refractivity (Wildman–Crippen MR) is 247 cm³/mol. The minimum absolute atomic E-state index is 0.0341. The third kappa shape index (κ3) is 32.5. The van der Waals surface area contributed by atoms with Crippen LogP contribution in [0.1, 0.15) is 155 Å². The fourth-order valence-electron chi connectivity index (χ4n) is 6.40. The van der Waals surface area contributed by atoms with Gasteiger partial charge in [0.2, 0.25) is 0 Å². The summed E-state index contributed by atoms with van der Waals surface area (Å²) >= 11 is 0. The van der Waals surface area contributed by atoms with Crippen molar-refractivity contribution in [3.8, 4) is 0 Å². The predicted octanol–water partition coefficient (Wildman–Crippen LogP) is 9.67. The fourth-order valence-corrected chi connectivity index (χ4v) is 7.09. The number of carbonyl (C=O) groups excluding carboxylic acids is 2. The van der Waals surface area contributed by atoms with Crippen LogP contribution >= 0.6 is 0 Å². The summed E-state index contributed by atoms with van der Waals surface area (Å²) in [7, 11) is -4.62. The number of rotatable bonds is 37. The van der Waals surface area contributed by atoms with Gasteiger partial charge in [-0.3, -0.25) is 14.1 Å². The molecule has 0 amide bonds. The van der Waals surface area contributed by atoms with Crippen molar-refractivity contribution in [1.29, 1.82) is 0 Å². The Bertz CT molecular complexity index is 1460. The first-order chi connectivity index (χ1) is 30.0. The standard InChI is InChI=1S/C49H80O12S/c1-3-5-7-9-11-13-15-17-19-20-21-22-24-26-28-30-32-34-36-38-45(51)60-42(40-59-49-48(54)47(53)46(52)43(61-49)41-62(55,56)57)39-58-44(50)37-35-33-31-29-27-25-23-18-16-14-12-10-8-6-4-2/h5,7,11,13-14,16-17,19,21-22,26,28,32,34,42-43,46-49,52-54H,3-4,6,8-10,12,15,18,20,23-25,27,29-31,33,35-41H2,1-2H3,(H,55,56,57)/b7-5+,13-11+,16-14+,19-17+,22-21+,28-26+,34-32+/t42-,43-,46-,47?,48?,49+/m1/s1. The molecule has 1 rings (SSSR count). The molecule has 1 aliphatic rings. The highest BCUT2D eigenvalue weighted by atomic mass is 32.2. The Labute approximate surface area is 373 Å². The maximum absolute atomic E-state index is 12.8. The van der Waals surface area contributed by atoms with Crippen LogP contribution < -0.4 is 0 Å². The smallest absolute Gasteiger partial charge is 0.306 e. The van der Waals surface area contributed by atoms with E-state index in [4.69, 9.17) is 18.9 Å². The van der Waals surface area contributed by atoms with Crippen LogP contribution in [0.5, 0.6) is 0 Å². The normalized spacial score (nSPS) is 20.6. The van der Waals surface area contributed by atoms with Crippen molar-refractivity contribution >= 4 is 22.1 Å². The number of ether oxygens (including phenoxy) is 4. The average Bonchev–Trinajstić information content (AvgIpc) is 3.24. The highest BCUT2D eigenvalue weighted by Gasteiger charge is 2.46. The van der Waals surface area contributed by atoms with Crippen LogP contribution in [-0.4, -0.2) is 96.0 Å². The highest BCUT2D eigenvalue weighted by molar-refractivity contribution is 7.85. The second-order valence-electron chi connectivity index (χ2n) is 15.7. The number of esters is 2. The van der Waals surface area contributed by atoms with E-state index in [-0.39, 0.29) is 19.4 Å². The van der Waals surface area contributed by atoms with Gasteiger partial charge in [-0.1, -0.05) is 150 Å². The molecule has 0 spiro atoms. The molecule has 0 radical (unpaired) electrons. The van der Waals surface area contributed by atoms with Gasteiger partial charge in [-0.05, 0) is 77.0 Å². The Kier molecular flexibility index (Phi) is 35.1. The van der Waals surface area contributed by atoms with Gasteiger partial charge in [-0.2, -0.15) is 8.42 Å². The van der Waals surface area contributed by atoms with Crippen molar-refractivity contribution in [3.05, 3.63) is 85.1 Å². The van der Waals surface area contributed by atoms with Gasteiger partial charge >= 0.3 is 11.9 Å². The number of allylic oxidation sites excluding steroid dienone is 14. The summed E-state index contributed by atoms with van der Waals surface area (Å²) in [4.78, 5) is 25.4. The number of aliphatic hydroxyl groups is 3. The lowest BCUT2D eigenvalue weighted by atomic mass is 10.00. The van der Waals surface area contributed by atoms with Crippen LogP contribution in [0.3, 0.4) is 0 Å². The molecule has 0 aliphatic carbocycles. The molecule has 1 heterocycles. The van der Waals surface area contributed by atoms with Crippen molar-refractivity contribution in [2.75, 3.05) is 19.0 Å². The lowest BCUT2D eigenvalue weighted by Crippen LogP contribution is -2.60. The Morgan fingerprint density at radius 2 is 1.05 bits per heavy atom. The number of unbranched alkanes of at least 4 members (excludes halogenated alkanes) is 11. The van der Waals surface area contributed by atoms with E-state index in [2.05, 4.69) is 80.7 Å². The fraction of sp³-hybridized carbons (Fsp3) is 0.673. The van der Waals surface area contributed by atoms with E-state index in [1.165, 1.54) is 44.9 Å². The summed E-state index contributed by atoms with van der Waals surface area (Å²) in [5, 5.41) is 30.9. The van der Waals surface area contributed by atoms with Crippen molar-refractivity contribution in [2.24, 2.45) is 0 Å². The number of carbonyl (C=O) groups is 2. The summed E-state index contributed by atoms with van der Waals surface area (Å²) in [6.45, 7) is 3.56. The molecule has 62 heavy (non-hydrogen) atoms. The lowest BCUT2D eigenvalue weighted by molar-refractivity contribution is -0.297. The Hall–Kier alpha value is -3.17. The van der Waals surface area contributed by atoms with E-state index in [1.54, 1.807) is 0 Å². The number of hydrogen-bond acceptors (Lipinski definition) is 11. The van der Waals surface area contributed by atoms with Crippen molar-refractivity contribution in [3.63, 3.8) is 0 Å². The SMILES string of the molecule is CC/C=C/C/C=C/C/C=C/C/C=C/C/C=C/C/C=C/CCC(=O)O[C@H](COC(=O)CCCCCCCCC/C=C/CCCCCC)CO[C@H]1O[C@H](CS(=O)(=O)O)[C@@H](O)C(O)C1O. The first kappa shape index (κ1) is 56.8. The molecule has 0 aromatic carbocycles. The van der Waals surface area contributed by atoms with E-state index >= 15 is 0 Å². The zero-order valence-corrected chi connectivity index (χ0v) is 38.5. The summed E-state index contributed by atoms with van der Waals surface area (Å²) in [5.41, 5.74) is 0. The molecular formula is C49H80O12S. The van der Waals surface area contributed by atoms with Crippen LogP contribution in [-0.2, 0) is 38.7 Å². The maximum Gasteiger partial charge on any atom is 0.306 e. The van der Waals surface area contributed by atoms with Gasteiger partial charge in [0.05, 0.1) is 6.61 Å². The number of aliphatic hydroxyl groups excluding tert-OH is 3. The van der Waals surface area contributed by atoms with Gasteiger partial charge in [-0.15, -0.1) is 0 Å². The monoisotopic (exact) mass is 893 g/mol. The minimum Gasteiger partial charge on any atom is -0.462 e. The van der Waals surface area contributed by atoms with Crippen molar-refractivity contribution in [1.82, 2.24) is 0 Å². The van der Waals surface area contributed by atoms with E-state index in [1.807, 2.05) is 18.2 Å². The zero-order valence-electron chi connectivity index (χ0n) is 37.7. The first-order valence-electron chi connectivity index (χ1n) is 23.1. The average molecular weight is 893 g/mol. The van der Waals surface area contributed by atoms with Gasteiger partial charge in [0, 0.05) is 12.8 Å². The molecule has 0 aromatic rings. The Morgan fingerprint density at radius 1 is 0.565 bits per heavy atom. The second kappa shape index (κ2) is 38.3. The highest BCUT2D eigenvalue weighted by Crippen LogP contribution is 2.24. The molecule has 354 valence electrons. The van der Waals surface area contributed by atoms with Gasteiger partial charge in [0.15, 0.2) is 12.4 Å². The summed E-state index contributed by atoms with van der Waals surface area (Å²) in [6.07, 6.45) is 40.6. The summed E-state index contributed by atoms with van der Waals surface area (Å²) in [6, 6.07) is 0. The van der Waals surface area contributed by atoms with Gasteiger partial charge in [0.1, 0.15) is 36.8 Å².